The first-order chi connectivity index (χ1) is 12.3. The van der Waals surface area contributed by atoms with Crippen LogP contribution in [-0.2, 0) is 0 Å². The standard InChI is InChI=1S/C17H12F4N2O2S/c18-11-2-1-3-12(19)14(11)15(24)23-16(26)22-9-4-6-10(7-5-9)25-13-8-17(13,20)21/h1-7,13H,8H2,(H2,22,23,24,26). The van der Waals surface area contributed by atoms with Crippen molar-refractivity contribution in [2.24, 2.45) is 0 Å². The number of hydrogen-bond acceptors (Lipinski definition) is 3. The van der Waals surface area contributed by atoms with E-state index in [1.54, 1.807) is 0 Å². The monoisotopic (exact) mass is 384 g/mol. The molecule has 136 valence electrons. The average Bonchev–Trinajstić information content (AvgIpc) is 3.15. The molecule has 3 rings (SSSR count). The number of alkyl halides is 2. The molecule has 0 spiro atoms. The molecule has 1 saturated carbocycles. The van der Waals surface area contributed by atoms with Crippen molar-refractivity contribution in [1.82, 2.24) is 5.32 Å². The third-order valence-electron chi connectivity index (χ3n) is 3.58. The smallest absolute Gasteiger partial charge is 0.288 e. The Morgan fingerprint density at radius 1 is 1.12 bits per heavy atom. The maximum absolute atomic E-state index is 13.6. The van der Waals surface area contributed by atoms with Gasteiger partial charge in [-0.15, -0.1) is 0 Å². The zero-order chi connectivity index (χ0) is 18.9. The largest absolute Gasteiger partial charge is 0.484 e. The summed E-state index contributed by atoms with van der Waals surface area (Å²) in [6, 6.07) is 8.96. The maximum atomic E-state index is 13.6. The number of halogens is 4. The fraction of sp³-hybridized carbons (Fsp3) is 0.176. The number of hydrogen-bond donors (Lipinski definition) is 2. The first-order valence-corrected chi connectivity index (χ1v) is 7.88. The fourth-order valence-electron chi connectivity index (χ4n) is 2.14. The van der Waals surface area contributed by atoms with Gasteiger partial charge in [0, 0.05) is 5.69 Å². The zero-order valence-corrected chi connectivity index (χ0v) is 13.9. The number of rotatable bonds is 4. The number of anilines is 1. The van der Waals surface area contributed by atoms with Crippen LogP contribution in [0.2, 0.25) is 0 Å². The molecule has 9 heteroatoms. The fourth-order valence-corrected chi connectivity index (χ4v) is 2.35. The molecule has 1 atom stereocenters. The Kier molecular flexibility index (Phi) is 4.82. The molecule has 1 unspecified atom stereocenters. The van der Waals surface area contributed by atoms with E-state index < -0.39 is 35.1 Å². The minimum Gasteiger partial charge on any atom is -0.484 e. The SMILES string of the molecule is O=C(NC(=S)Nc1ccc(OC2CC2(F)F)cc1)c1c(F)cccc1F. The quantitative estimate of drug-likeness (QED) is 0.621. The summed E-state index contributed by atoms with van der Waals surface area (Å²) >= 11 is 4.92. The number of benzene rings is 2. The van der Waals surface area contributed by atoms with E-state index in [0.717, 1.165) is 18.2 Å². The second-order valence-electron chi connectivity index (χ2n) is 5.60. The van der Waals surface area contributed by atoms with Crippen LogP contribution in [0.3, 0.4) is 0 Å². The Labute approximate surface area is 151 Å². The van der Waals surface area contributed by atoms with E-state index in [1.165, 1.54) is 24.3 Å². The topological polar surface area (TPSA) is 50.4 Å². The van der Waals surface area contributed by atoms with Gasteiger partial charge in [-0.1, -0.05) is 6.07 Å². The number of carbonyl (C=O) groups excluding carboxylic acids is 1. The van der Waals surface area contributed by atoms with Gasteiger partial charge in [0.15, 0.2) is 11.2 Å². The van der Waals surface area contributed by atoms with Crippen LogP contribution < -0.4 is 15.4 Å². The summed E-state index contributed by atoms with van der Waals surface area (Å²) in [6.45, 7) is 0. The molecule has 4 nitrogen and oxygen atoms in total. The lowest BCUT2D eigenvalue weighted by Crippen LogP contribution is -2.35. The summed E-state index contributed by atoms with van der Waals surface area (Å²) in [7, 11) is 0. The van der Waals surface area contributed by atoms with Crippen LogP contribution >= 0.6 is 12.2 Å². The molecule has 0 heterocycles. The van der Waals surface area contributed by atoms with Crippen LogP contribution in [0, 0.1) is 11.6 Å². The van der Waals surface area contributed by atoms with E-state index in [-0.39, 0.29) is 17.3 Å². The summed E-state index contributed by atoms with van der Waals surface area (Å²) in [4.78, 5) is 11.9. The second-order valence-corrected chi connectivity index (χ2v) is 6.01. The molecule has 1 fully saturated rings. The van der Waals surface area contributed by atoms with Gasteiger partial charge in [0.2, 0.25) is 0 Å². The molecule has 1 aliphatic rings. The molecule has 26 heavy (non-hydrogen) atoms. The molecule has 2 aromatic carbocycles. The molecule has 1 aliphatic carbocycles. The minimum absolute atomic E-state index is 0.181. The second kappa shape index (κ2) is 6.91. The Balaban J connectivity index is 1.57. The Morgan fingerprint density at radius 2 is 1.69 bits per heavy atom. The third kappa shape index (κ3) is 4.10. The van der Waals surface area contributed by atoms with E-state index in [0.29, 0.717) is 5.69 Å². The van der Waals surface area contributed by atoms with Crippen molar-refractivity contribution in [2.45, 2.75) is 18.4 Å². The van der Waals surface area contributed by atoms with Gasteiger partial charge in [0.1, 0.15) is 22.9 Å². The minimum atomic E-state index is -2.79. The highest BCUT2D eigenvalue weighted by Gasteiger charge is 2.59. The first-order valence-electron chi connectivity index (χ1n) is 7.47. The van der Waals surface area contributed by atoms with E-state index in [2.05, 4.69) is 10.6 Å². The molecule has 2 N–H and O–H groups in total. The summed E-state index contributed by atoms with van der Waals surface area (Å²) in [5, 5.41) is 4.63. The first kappa shape index (κ1) is 18.1. The van der Waals surface area contributed by atoms with Crippen molar-refractivity contribution in [2.75, 3.05) is 5.32 Å². The van der Waals surface area contributed by atoms with Gasteiger partial charge >= 0.3 is 0 Å². The highest BCUT2D eigenvalue weighted by Crippen LogP contribution is 2.44. The van der Waals surface area contributed by atoms with Crippen LogP contribution in [0.15, 0.2) is 42.5 Å². The lowest BCUT2D eigenvalue weighted by molar-refractivity contribution is 0.0665. The number of amides is 1. The van der Waals surface area contributed by atoms with Crippen LogP contribution in [0.1, 0.15) is 16.8 Å². The Morgan fingerprint density at radius 3 is 2.23 bits per heavy atom. The molecule has 1 amide bonds. The van der Waals surface area contributed by atoms with Crippen molar-refractivity contribution in [3.05, 3.63) is 59.7 Å². The highest BCUT2D eigenvalue weighted by molar-refractivity contribution is 7.80. The lowest BCUT2D eigenvalue weighted by Gasteiger charge is -2.11. The van der Waals surface area contributed by atoms with E-state index >= 15 is 0 Å². The number of thiocarbonyl (C=S) groups is 1. The molecular weight excluding hydrogens is 372 g/mol. The van der Waals surface area contributed by atoms with Crippen LogP contribution in [0.4, 0.5) is 23.2 Å². The van der Waals surface area contributed by atoms with E-state index in [4.69, 9.17) is 17.0 Å². The van der Waals surface area contributed by atoms with Gasteiger partial charge in [-0.3, -0.25) is 10.1 Å². The van der Waals surface area contributed by atoms with Crippen LogP contribution in [0.25, 0.3) is 0 Å². The predicted octanol–water partition coefficient (Wildman–Crippen LogP) is 3.88. The molecule has 0 aromatic heterocycles. The van der Waals surface area contributed by atoms with E-state index in [1.807, 2.05) is 0 Å². The van der Waals surface area contributed by atoms with Gasteiger partial charge in [0.05, 0.1) is 6.42 Å². The summed E-state index contributed by atoms with van der Waals surface area (Å²) in [5.41, 5.74) is -0.315. The van der Waals surface area contributed by atoms with Crippen molar-refractivity contribution in [3.8, 4) is 5.75 Å². The molecule has 0 aliphatic heterocycles. The van der Waals surface area contributed by atoms with Crippen LogP contribution in [-0.4, -0.2) is 23.0 Å². The van der Waals surface area contributed by atoms with Crippen LogP contribution in [0.5, 0.6) is 5.75 Å². The van der Waals surface area contributed by atoms with E-state index in [9.17, 15) is 22.4 Å². The van der Waals surface area contributed by atoms with Gasteiger partial charge < -0.3 is 10.1 Å². The highest BCUT2D eigenvalue weighted by atomic mass is 32.1. The molecule has 2 aromatic rings. The molecule has 0 bridgehead atoms. The zero-order valence-electron chi connectivity index (χ0n) is 13.1. The molecule has 0 saturated heterocycles. The normalized spacial score (nSPS) is 17.3. The maximum Gasteiger partial charge on any atom is 0.288 e. The lowest BCUT2D eigenvalue weighted by atomic mass is 10.2. The number of nitrogens with one attached hydrogen (secondary N) is 2. The summed E-state index contributed by atoms with van der Waals surface area (Å²) < 4.78 is 57.8. The summed E-state index contributed by atoms with van der Waals surface area (Å²) in [6.07, 6.45) is -1.42. The third-order valence-corrected chi connectivity index (χ3v) is 3.78. The van der Waals surface area contributed by atoms with Crippen molar-refractivity contribution < 1.29 is 27.1 Å². The predicted molar refractivity (Wildman–Crippen MR) is 90.5 cm³/mol. The summed E-state index contributed by atoms with van der Waals surface area (Å²) in [5.74, 6) is -5.58. The average molecular weight is 384 g/mol. The van der Waals surface area contributed by atoms with Crippen molar-refractivity contribution in [3.63, 3.8) is 0 Å². The van der Waals surface area contributed by atoms with Gasteiger partial charge in [-0.2, -0.15) is 0 Å². The van der Waals surface area contributed by atoms with Crippen molar-refractivity contribution in [1.29, 1.82) is 0 Å². The molecular formula is C17H12F4N2O2S. The Hall–Kier alpha value is -2.68. The van der Waals surface area contributed by atoms with Crippen molar-refractivity contribution >= 4 is 28.9 Å². The Bertz CT molecular complexity index is 838. The van der Waals surface area contributed by atoms with Gasteiger partial charge in [-0.05, 0) is 48.6 Å². The molecule has 0 radical (unpaired) electrons. The number of carbonyl (C=O) groups is 1. The van der Waals surface area contributed by atoms with Gasteiger partial charge in [0.25, 0.3) is 11.8 Å². The van der Waals surface area contributed by atoms with Gasteiger partial charge in [-0.25, -0.2) is 17.6 Å². The number of ether oxygens (including phenoxy) is 1.